The van der Waals surface area contributed by atoms with E-state index in [0.29, 0.717) is 29.2 Å². The molecule has 0 aliphatic carbocycles. The highest BCUT2D eigenvalue weighted by atomic mass is 16.5. The highest BCUT2D eigenvalue weighted by Gasteiger charge is 2.21. The Bertz CT molecular complexity index is 875. The van der Waals surface area contributed by atoms with Gasteiger partial charge in [0.25, 0.3) is 0 Å². The highest BCUT2D eigenvalue weighted by Crippen LogP contribution is 2.23. The Morgan fingerprint density at radius 1 is 1.03 bits per heavy atom. The maximum Gasteiger partial charge on any atom is 0.341 e. The second kappa shape index (κ2) is 9.38. The van der Waals surface area contributed by atoms with Crippen LogP contribution in [0, 0.1) is 0 Å². The number of carbonyl (C=O) groups is 1. The first-order chi connectivity index (χ1) is 14.7. The van der Waals surface area contributed by atoms with Crippen molar-refractivity contribution >= 4 is 30.0 Å². The maximum atomic E-state index is 10.8. The van der Waals surface area contributed by atoms with E-state index < -0.39 is 12.6 Å². The van der Waals surface area contributed by atoms with Gasteiger partial charge in [0.15, 0.2) is 6.61 Å². The van der Waals surface area contributed by atoms with Crippen LogP contribution in [0.1, 0.15) is 31.2 Å². The molecule has 0 radical (unpaired) electrons. The molecule has 2 aromatic rings. The van der Waals surface area contributed by atoms with Crippen LogP contribution in [0.2, 0.25) is 0 Å². The van der Waals surface area contributed by atoms with Crippen molar-refractivity contribution in [3.63, 3.8) is 0 Å². The van der Waals surface area contributed by atoms with Crippen LogP contribution in [0.4, 0.5) is 17.8 Å². The Morgan fingerprint density at radius 2 is 1.63 bits per heavy atom. The number of carboxylic acids is 1. The molecule has 0 bridgehead atoms. The third kappa shape index (κ3) is 4.94. The van der Waals surface area contributed by atoms with Gasteiger partial charge in [0.1, 0.15) is 5.75 Å². The van der Waals surface area contributed by atoms with E-state index >= 15 is 0 Å². The zero-order valence-electron chi connectivity index (χ0n) is 16.7. The molecule has 0 atom stereocenters. The smallest absolute Gasteiger partial charge is 0.341 e. The number of hydrogen-bond donors (Lipinski definition) is 2. The van der Waals surface area contributed by atoms with Crippen molar-refractivity contribution in [1.29, 1.82) is 0 Å². The summed E-state index contributed by atoms with van der Waals surface area (Å²) >= 11 is 0. The van der Waals surface area contributed by atoms with Gasteiger partial charge < -0.3 is 19.6 Å². The fourth-order valence-electron chi connectivity index (χ4n) is 3.54. The summed E-state index contributed by atoms with van der Waals surface area (Å²) in [5.41, 5.74) is 3.55. The highest BCUT2D eigenvalue weighted by molar-refractivity contribution is 5.84. The Morgan fingerprint density at radius 3 is 2.23 bits per heavy atom. The molecule has 2 saturated heterocycles. The van der Waals surface area contributed by atoms with Crippen molar-refractivity contribution in [2.45, 2.75) is 25.7 Å². The number of hydrogen-bond acceptors (Lipinski definition) is 9. The quantitative estimate of drug-likeness (QED) is 0.497. The number of ether oxygens (including phenoxy) is 1. The second-order valence-electron chi connectivity index (χ2n) is 7.24. The van der Waals surface area contributed by atoms with Crippen molar-refractivity contribution < 1.29 is 14.6 Å². The normalized spacial score (nSPS) is 16.4. The number of nitrogens with zero attached hydrogens (tertiary/aromatic N) is 6. The van der Waals surface area contributed by atoms with Crippen molar-refractivity contribution in [1.82, 2.24) is 15.0 Å². The summed E-state index contributed by atoms with van der Waals surface area (Å²) in [5, 5.41) is 13.1. The first-order valence-electron chi connectivity index (χ1n) is 10.2. The molecule has 10 heteroatoms. The first-order valence-corrected chi connectivity index (χ1v) is 10.2. The number of anilines is 3. The second-order valence-corrected chi connectivity index (χ2v) is 7.24. The summed E-state index contributed by atoms with van der Waals surface area (Å²) in [6.45, 7) is 3.37. The molecule has 158 valence electrons. The van der Waals surface area contributed by atoms with Crippen molar-refractivity contribution in [3.8, 4) is 5.75 Å². The minimum Gasteiger partial charge on any atom is -0.481 e. The lowest BCUT2D eigenvalue weighted by atomic mass is 10.2. The molecule has 0 spiro atoms. The summed E-state index contributed by atoms with van der Waals surface area (Å²) in [4.78, 5) is 28.9. The third-order valence-corrected chi connectivity index (χ3v) is 5.03. The van der Waals surface area contributed by atoms with E-state index in [-0.39, 0.29) is 0 Å². The Hall–Kier alpha value is -3.43. The zero-order chi connectivity index (χ0) is 20.8. The summed E-state index contributed by atoms with van der Waals surface area (Å²) in [7, 11) is 0. The van der Waals surface area contributed by atoms with Crippen LogP contribution in [0.15, 0.2) is 29.4 Å². The van der Waals surface area contributed by atoms with Gasteiger partial charge in [-0.25, -0.2) is 10.2 Å². The predicted molar refractivity (Wildman–Crippen MR) is 114 cm³/mol. The fourth-order valence-corrected chi connectivity index (χ4v) is 3.54. The standard InChI is InChI=1S/C20H25N7O3/c28-17(29)14-30-16-8-2-1-7-15(16)13-21-25-18-22-19(26-9-3-4-10-26)24-20(23-18)27-11-5-6-12-27/h1-2,7-8,13H,3-6,9-12,14H2,(H,28,29)(H,22,23,24,25). The fraction of sp³-hybridized carbons (Fsp3) is 0.450. The topological polar surface area (TPSA) is 116 Å². The molecule has 2 aliphatic rings. The van der Waals surface area contributed by atoms with Gasteiger partial charge >= 0.3 is 5.97 Å². The molecule has 3 heterocycles. The van der Waals surface area contributed by atoms with Gasteiger partial charge in [-0.15, -0.1) is 0 Å². The summed E-state index contributed by atoms with van der Waals surface area (Å²) in [5.74, 6) is 1.14. The van der Waals surface area contributed by atoms with Gasteiger partial charge in [-0.1, -0.05) is 12.1 Å². The van der Waals surface area contributed by atoms with E-state index in [4.69, 9.17) is 9.84 Å². The minimum atomic E-state index is -1.03. The number of nitrogens with one attached hydrogen (secondary N) is 1. The van der Waals surface area contributed by atoms with Crippen molar-refractivity contribution in [3.05, 3.63) is 29.8 Å². The van der Waals surface area contributed by atoms with Gasteiger partial charge in [-0.2, -0.15) is 20.1 Å². The molecule has 0 unspecified atom stereocenters. The lowest BCUT2D eigenvalue weighted by molar-refractivity contribution is -0.139. The van der Waals surface area contributed by atoms with Gasteiger partial charge in [0.05, 0.1) is 6.21 Å². The maximum absolute atomic E-state index is 10.8. The molecule has 1 aromatic heterocycles. The molecule has 0 saturated carbocycles. The van der Waals surface area contributed by atoms with Crippen LogP contribution >= 0.6 is 0 Å². The summed E-state index contributed by atoms with van der Waals surface area (Å²) in [6, 6.07) is 7.10. The molecule has 0 amide bonds. The number of hydrazone groups is 1. The summed E-state index contributed by atoms with van der Waals surface area (Å²) in [6.07, 6.45) is 6.11. The van der Waals surface area contributed by atoms with Crippen LogP contribution in [0.5, 0.6) is 5.75 Å². The van der Waals surface area contributed by atoms with Crippen LogP contribution in [-0.2, 0) is 4.79 Å². The number of aromatic nitrogens is 3. The van der Waals surface area contributed by atoms with E-state index in [1.165, 1.54) is 0 Å². The van der Waals surface area contributed by atoms with Gasteiger partial charge in [0, 0.05) is 31.7 Å². The van der Waals surface area contributed by atoms with E-state index in [1.807, 2.05) is 6.07 Å². The third-order valence-electron chi connectivity index (χ3n) is 5.03. The van der Waals surface area contributed by atoms with Crippen molar-refractivity contribution in [2.24, 2.45) is 5.10 Å². The molecule has 4 rings (SSSR count). The van der Waals surface area contributed by atoms with E-state index in [1.54, 1.807) is 24.4 Å². The number of para-hydroxylation sites is 1. The predicted octanol–water partition coefficient (Wildman–Crippen LogP) is 1.98. The van der Waals surface area contributed by atoms with Crippen LogP contribution in [0.3, 0.4) is 0 Å². The average molecular weight is 411 g/mol. The molecular weight excluding hydrogens is 386 g/mol. The lowest BCUT2D eigenvalue weighted by Gasteiger charge is -2.20. The largest absolute Gasteiger partial charge is 0.481 e. The van der Waals surface area contributed by atoms with Crippen LogP contribution in [-0.4, -0.2) is 65.0 Å². The number of rotatable bonds is 8. The minimum absolute atomic E-state index is 0.383. The number of benzene rings is 1. The van der Waals surface area contributed by atoms with Crippen LogP contribution < -0.4 is 20.0 Å². The molecule has 10 nitrogen and oxygen atoms in total. The van der Waals surface area contributed by atoms with Crippen molar-refractivity contribution in [2.75, 3.05) is 48.0 Å². The van der Waals surface area contributed by atoms with Gasteiger partial charge in [-0.3, -0.25) is 0 Å². The van der Waals surface area contributed by atoms with Gasteiger partial charge in [-0.05, 0) is 37.8 Å². The first kappa shape index (κ1) is 19.9. The molecule has 2 N–H and O–H groups in total. The number of aliphatic carboxylic acids is 1. The Kier molecular flexibility index (Phi) is 6.21. The molecule has 30 heavy (non-hydrogen) atoms. The lowest BCUT2D eigenvalue weighted by Crippen LogP contribution is -2.25. The Labute approximate surface area is 174 Å². The van der Waals surface area contributed by atoms with E-state index in [9.17, 15) is 4.79 Å². The van der Waals surface area contributed by atoms with Crippen LogP contribution in [0.25, 0.3) is 0 Å². The zero-order valence-corrected chi connectivity index (χ0v) is 16.7. The Balaban J connectivity index is 1.52. The number of carboxylic acid groups (broad SMARTS) is 1. The molecule has 1 aromatic carbocycles. The van der Waals surface area contributed by atoms with Gasteiger partial charge in [0.2, 0.25) is 17.8 Å². The molecular formula is C20H25N7O3. The van der Waals surface area contributed by atoms with E-state index in [2.05, 4.69) is 35.3 Å². The van der Waals surface area contributed by atoms with E-state index in [0.717, 1.165) is 51.9 Å². The monoisotopic (exact) mass is 411 g/mol. The molecule has 2 fully saturated rings. The SMILES string of the molecule is O=C(O)COc1ccccc1C=NNc1nc(N2CCCC2)nc(N2CCCC2)n1. The average Bonchev–Trinajstić information content (AvgIpc) is 3.47. The summed E-state index contributed by atoms with van der Waals surface area (Å²) < 4.78 is 5.30. The molecule has 2 aliphatic heterocycles.